The minimum Gasteiger partial charge on any atom is -0.461 e. The van der Waals surface area contributed by atoms with Crippen LogP contribution in [-0.4, -0.2) is 76.1 Å². The van der Waals surface area contributed by atoms with E-state index in [1.165, 1.54) is 11.0 Å². The molecule has 228 valence electrons. The number of benzene rings is 2. The molecule has 4 fully saturated rings. The molecule has 2 aromatic carbocycles. The standard InChI is InChI=1S/C34H34ClF2N5O2/c1-21(36)32(43)41-18-13-28-29(41)19-42(28)31-24(11-12-27(37)25-9-3-7-23-8-4-10-26(35)30(23)25)22(2)38-33(39-31)44-20-34-14-5-16-40(34)17-6-15-34/h3-4,7-12,28-29H,1-2,5-6,13-20H2/b24-11+,27-12-/t28?,29-/m1/s1. The molecule has 5 heterocycles. The van der Waals surface area contributed by atoms with Crippen molar-refractivity contribution >= 4 is 52.6 Å². The quantitative estimate of drug-likeness (QED) is 0.356. The first-order valence-electron chi connectivity index (χ1n) is 15.2. The number of hydrogen-bond donors (Lipinski definition) is 0. The molecule has 7 nitrogen and oxygen atoms in total. The molecule has 0 N–H and O–H groups in total. The Morgan fingerprint density at radius 1 is 1.09 bits per heavy atom. The van der Waals surface area contributed by atoms with E-state index in [1.54, 1.807) is 24.3 Å². The van der Waals surface area contributed by atoms with Gasteiger partial charge in [-0.25, -0.2) is 8.78 Å². The monoisotopic (exact) mass is 617 g/mol. The molecule has 0 saturated carbocycles. The van der Waals surface area contributed by atoms with Crippen molar-refractivity contribution in [3.63, 3.8) is 0 Å². The Morgan fingerprint density at radius 2 is 1.84 bits per heavy atom. The Kier molecular flexibility index (Phi) is 7.41. The third-order valence-corrected chi connectivity index (χ3v) is 10.1. The van der Waals surface area contributed by atoms with E-state index >= 15 is 4.39 Å². The number of fused-ring (bicyclic) bond motifs is 3. The zero-order valence-electron chi connectivity index (χ0n) is 24.4. The van der Waals surface area contributed by atoms with E-state index in [-0.39, 0.29) is 23.6 Å². The number of halogens is 3. The highest BCUT2D eigenvalue weighted by Gasteiger charge is 2.50. The smallest absolute Gasteiger partial charge is 0.318 e. The summed E-state index contributed by atoms with van der Waals surface area (Å²) in [4.78, 5) is 27.9. The summed E-state index contributed by atoms with van der Waals surface area (Å²) in [6.45, 7) is 10.9. The highest BCUT2D eigenvalue weighted by atomic mass is 35.5. The average molecular weight is 618 g/mol. The van der Waals surface area contributed by atoms with Gasteiger partial charge in [0.25, 0.3) is 5.91 Å². The molecule has 2 atom stereocenters. The van der Waals surface area contributed by atoms with Crippen LogP contribution in [-0.2, 0) is 4.79 Å². The number of anilines is 1. The lowest BCUT2D eigenvalue weighted by Gasteiger charge is -2.47. The van der Waals surface area contributed by atoms with Crippen molar-refractivity contribution in [2.75, 3.05) is 37.7 Å². The number of amides is 1. The van der Waals surface area contributed by atoms with Crippen molar-refractivity contribution in [3.05, 3.63) is 76.0 Å². The van der Waals surface area contributed by atoms with E-state index in [1.807, 2.05) is 18.2 Å². The molecule has 3 aromatic rings. The lowest BCUT2D eigenvalue weighted by molar-refractivity contribution is -0.130. The largest absolute Gasteiger partial charge is 0.461 e. The fourth-order valence-electron chi connectivity index (χ4n) is 7.61. The van der Waals surface area contributed by atoms with Gasteiger partial charge >= 0.3 is 6.01 Å². The van der Waals surface area contributed by atoms with Crippen molar-refractivity contribution in [3.8, 4) is 6.01 Å². The average Bonchev–Trinajstić information content (AvgIpc) is 3.67. The van der Waals surface area contributed by atoms with Crippen LogP contribution in [0.2, 0.25) is 5.02 Å². The van der Waals surface area contributed by atoms with E-state index in [9.17, 15) is 9.18 Å². The number of nitrogens with zero attached hydrogens (tertiary/aromatic N) is 5. The zero-order valence-corrected chi connectivity index (χ0v) is 25.2. The number of ether oxygens (including phenoxy) is 1. The second kappa shape index (κ2) is 11.3. The van der Waals surface area contributed by atoms with Crippen LogP contribution in [0.15, 0.2) is 54.9 Å². The van der Waals surface area contributed by atoms with Gasteiger partial charge in [0.05, 0.1) is 23.0 Å². The highest BCUT2D eigenvalue weighted by Crippen LogP contribution is 2.39. The topological polar surface area (TPSA) is 61.8 Å². The minimum absolute atomic E-state index is 0.0180. The first-order valence-corrected chi connectivity index (χ1v) is 15.6. The number of hydrogen-bond acceptors (Lipinski definition) is 6. The van der Waals surface area contributed by atoms with Gasteiger partial charge in [0.2, 0.25) is 0 Å². The number of allylic oxidation sites excluding steroid dienone is 1. The SMILES string of the molecule is C=C(F)C(=O)N1CCC2[C@H]1CN2c1nc(OCC23CCCN2CCC3)nc(=C)/c1=C\C=C(/F)c1cccc2cccc(Cl)c12. The number of rotatable bonds is 7. The van der Waals surface area contributed by atoms with Crippen LogP contribution in [0.25, 0.3) is 29.3 Å². The summed E-state index contributed by atoms with van der Waals surface area (Å²) < 4.78 is 35.8. The number of carbonyl (C=O) groups excluding carboxylic acids is 1. The summed E-state index contributed by atoms with van der Waals surface area (Å²) >= 11 is 6.46. The van der Waals surface area contributed by atoms with E-state index in [0.717, 1.165) is 44.2 Å². The Morgan fingerprint density at radius 3 is 2.59 bits per heavy atom. The van der Waals surface area contributed by atoms with Crippen LogP contribution in [0.1, 0.15) is 37.7 Å². The third-order valence-electron chi connectivity index (χ3n) is 9.83. The van der Waals surface area contributed by atoms with Crippen LogP contribution in [0, 0.1) is 0 Å². The molecule has 0 spiro atoms. The predicted octanol–water partition coefficient (Wildman–Crippen LogP) is 4.76. The van der Waals surface area contributed by atoms with Crippen molar-refractivity contribution < 1.29 is 18.3 Å². The Hall–Kier alpha value is -3.82. The van der Waals surface area contributed by atoms with Gasteiger partial charge in [-0.1, -0.05) is 55.1 Å². The Balaban J connectivity index is 1.25. The maximum Gasteiger partial charge on any atom is 0.318 e. The van der Waals surface area contributed by atoms with E-state index in [0.29, 0.717) is 58.5 Å². The van der Waals surface area contributed by atoms with Crippen molar-refractivity contribution in [1.82, 2.24) is 19.8 Å². The molecule has 1 unspecified atom stereocenters. The van der Waals surface area contributed by atoms with Crippen molar-refractivity contribution in [2.24, 2.45) is 0 Å². The summed E-state index contributed by atoms with van der Waals surface area (Å²) in [7, 11) is 0. The zero-order chi connectivity index (χ0) is 30.6. The fourth-order valence-corrected chi connectivity index (χ4v) is 7.89. The molecule has 7 rings (SSSR count). The lowest BCUT2D eigenvalue weighted by atomic mass is 9.95. The van der Waals surface area contributed by atoms with Crippen molar-refractivity contribution in [2.45, 2.75) is 49.7 Å². The van der Waals surface area contributed by atoms with E-state index in [4.69, 9.17) is 21.3 Å². The Labute approximate surface area is 259 Å². The van der Waals surface area contributed by atoms with Gasteiger partial charge in [0.1, 0.15) is 18.3 Å². The molecule has 0 bridgehead atoms. The van der Waals surface area contributed by atoms with Crippen LogP contribution < -0.4 is 20.2 Å². The summed E-state index contributed by atoms with van der Waals surface area (Å²) in [6.07, 6.45) is 8.15. The molecule has 1 amide bonds. The van der Waals surface area contributed by atoms with Gasteiger partial charge in [0.15, 0.2) is 5.83 Å². The van der Waals surface area contributed by atoms with Crippen molar-refractivity contribution in [1.29, 1.82) is 0 Å². The third kappa shape index (κ3) is 4.86. The molecule has 4 saturated heterocycles. The van der Waals surface area contributed by atoms with Crippen LogP contribution >= 0.6 is 11.6 Å². The maximum absolute atomic E-state index is 15.8. The second-order valence-corrected chi connectivity index (χ2v) is 12.6. The van der Waals surface area contributed by atoms with E-state index in [2.05, 4.69) is 27.9 Å². The summed E-state index contributed by atoms with van der Waals surface area (Å²) in [5.74, 6) is -1.54. The van der Waals surface area contributed by atoms with Gasteiger partial charge in [-0.05, 0) is 68.8 Å². The first kappa shape index (κ1) is 28.9. The molecular weight excluding hydrogens is 584 g/mol. The highest BCUT2D eigenvalue weighted by molar-refractivity contribution is 6.36. The molecule has 1 aromatic heterocycles. The van der Waals surface area contributed by atoms with Gasteiger partial charge in [-0.3, -0.25) is 9.69 Å². The lowest BCUT2D eigenvalue weighted by Crippen LogP contribution is -2.64. The molecule has 44 heavy (non-hydrogen) atoms. The molecule has 0 radical (unpaired) electrons. The molecule has 4 aliphatic rings. The second-order valence-electron chi connectivity index (χ2n) is 12.2. The van der Waals surface area contributed by atoms with Gasteiger partial charge < -0.3 is 14.5 Å². The summed E-state index contributed by atoms with van der Waals surface area (Å²) in [5.41, 5.74) is 0.402. The Bertz CT molecular complexity index is 1800. The fraction of sp³-hybridized carbons (Fsp3) is 0.382. The maximum atomic E-state index is 15.8. The van der Waals surface area contributed by atoms with Crippen LogP contribution in [0.5, 0.6) is 6.01 Å². The summed E-state index contributed by atoms with van der Waals surface area (Å²) in [5, 5.41) is 2.90. The minimum atomic E-state index is -0.961. The van der Waals surface area contributed by atoms with E-state index < -0.39 is 17.6 Å². The predicted molar refractivity (Wildman–Crippen MR) is 169 cm³/mol. The molecular formula is C34H34ClF2N5O2. The normalized spacial score (nSPS) is 23.2. The van der Waals surface area contributed by atoms with Gasteiger partial charge in [0, 0.05) is 34.3 Å². The molecule has 0 aliphatic carbocycles. The number of aromatic nitrogens is 2. The van der Waals surface area contributed by atoms with Crippen LogP contribution in [0.3, 0.4) is 0 Å². The number of carbonyl (C=O) groups is 1. The molecule has 10 heteroatoms. The van der Waals surface area contributed by atoms with Gasteiger partial charge in [-0.2, -0.15) is 9.97 Å². The summed E-state index contributed by atoms with van der Waals surface area (Å²) in [6, 6.07) is 10.9. The number of likely N-dealkylation sites (tertiary alicyclic amines) is 1. The van der Waals surface area contributed by atoms with Gasteiger partial charge in [-0.15, -0.1) is 0 Å². The van der Waals surface area contributed by atoms with Crippen LogP contribution in [0.4, 0.5) is 14.6 Å². The molecule has 4 aliphatic heterocycles. The first-order chi connectivity index (χ1) is 21.3.